The van der Waals surface area contributed by atoms with Crippen LogP contribution in [0.2, 0.25) is 0 Å². The molecule has 1 saturated heterocycles. The fraction of sp³-hybridized carbons (Fsp3) is 0.769. The lowest BCUT2D eigenvalue weighted by molar-refractivity contribution is -0.137. The molecule has 0 aromatic heterocycles. The average Bonchev–Trinajstić information content (AvgIpc) is 2.57. The number of carbonyl (C=O) groups is 3. The number of hydrogen-bond donors (Lipinski definition) is 1. The molecule has 1 N–H and O–H groups in total. The first-order valence-electron chi connectivity index (χ1n) is 6.89. The second kappa shape index (κ2) is 5.19. The lowest BCUT2D eigenvalue weighted by Gasteiger charge is -2.35. The number of amides is 4. The van der Waals surface area contributed by atoms with E-state index >= 15 is 0 Å². The van der Waals surface area contributed by atoms with E-state index in [9.17, 15) is 14.4 Å². The summed E-state index contributed by atoms with van der Waals surface area (Å²) in [5.74, 6) is -0.489. The van der Waals surface area contributed by atoms with E-state index in [4.69, 9.17) is 0 Å². The van der Waals surface area contributed by atoms with Gasteiger partial charge in [-0.05, 0) is 19.8 Å². The molecule has 0 radical (unpaired) electrons. The molecule has 106 valence electrons. The van der Waals surface area contributed by atoms with Gasteiger partial charge >= 0.3 is 6.03 Å². The highest BCUT2D eigenvalue weighted by molar-refractivity contribution is 6.08. The summed E-state index contributed by atoms with van der Waals surface area (Å²) in [4.78, 5) is 38.9. The third kappa shape index (κ3) is 2.19. The van der Waals surface area contributed by atoms with E-state index in [0.717, 1.165) is 24.2 Å². The van der Waals surface area contributed by atoms with Crippen molar-refractivity contribution in [1.29, 1.82) is 0 Å². The molecule has 1 saturated carbocycles. The van der Waals surface area contributed by atoms with E-state index < -0.39 is 5.54 Å². The molecule has 6 heteroatoms. The van der Waals surface area contributed by atoms with Crippen LogP contribution in [0.3, 0.4) is 0 Å². The Kier molecular flexibility index (Phi) is 3.78. The van der Waals surface area contributed by atoms with Crippen LogP contribution in [-0.4, -0.2) is 53.3 Å². The molecule has 1 heterocycles. The maximum absolute atomic E-state index is 12.5. The molecule has 2 rings (SSSR count). The van der Waals surface area contributed by atoms with Crippen LogP contribution in [0.4, 0.5) is 4.79 Å². The van der Waals surface area contributed by atoms with E-state index in [1.807, 2.05) is 0 Å². The molecule has 0 aromatic carbocycles. The normalized spacial score (nSPS) is 22.2. The monoisotopic (exact) mass is 267 g/mol. The summed E-state index contributed by atoms with van der Waals surface area (Å²) >= 11 is 0. The number of urea groups is 1. The van der Waals surface area contributed by atoms with Gasteiger partial charge in [0.15, 0.2) is 0 Å². The zero-order valence-electron chi connectivity index (χ0n) is 11.6. The number of hydrogen-bond acceptors (Lipinski definition) is 3. The topological polar surface area (TPSA) is 69.7 Å². The van der Waals surface area contributed by atoms with Gasteiger partial charge in [0.25, 0.3) is 5.91 Å². The number of rotatable bonds is 3. The van der Waals surface area contributed by atoms with Crippen LogP contribution in [0.25, 0.3) is 0 Å². The van der Waals surface area contributed by atoms with Gasteiger partial charge in [-0.1, -0.05) is 19.3 Å². The van der Waals surface area contributed by atoms with Crippen LogP contribution >= 0.6 is 0 Å². The summed E-state index contributed by atoms with van der Waals surface area (Å²) in [6, 6.07) is -0.349. The molecule has 6 nitrogen and oxygen atoms in total. The van der Waals surface area contributed by atoms with Crippen LogP contribution < -0.4 is 5.32 Å². The number of nitrogens with zero attached hydrogens (tertiary/aromatic N) is 2. The fourth-order valence-electron chi connectivity index (χ4n) is 3.07. The summed E-state index contributed by atoms with van der Waals surface area (Å²) in [7, 11) is 1.67. The molecule has 4 amide bonds. The van der Waals surface area contributed by atoms with Crippen molar-refractivity contribution in [3.05, 3.63) is 0 Å². The molecule has 19 heavy (non-hydrogen) atoms. The summed E-state index contributed by atoms with van der Waals surface area (Å²) in [6.07, 6.45) is 4.43. The highest BCUT2D eigenvalue weighted by Gasteiger charge is 2.55. The maximum Gasteiger partial charge on any atom is 0.327 e. The third-order valence-electron chi connectivity index (χ3n) is 4.16. The van der Waals surface area contributed by atoms with Crippen LogP contribution in [0.15, 0.2) is 0 Å². The summed E-state index contributed by atoms with van der Waals surface area (Å²) in [6.45, 7) is 2.13. The Morgan fingerprint density at radius 3 is 2.47 bits per heavy atom. The highest BCUT2D eigenvalue weighted by atomic mass is 16.2. The van der Waals surface area contributed by atoms with Gasteiger partial charge in [-0.25, -0.2) is 4.79 Å². The Balaban J connectivity index is 2.16. The van der Waals surface area contributed by atoms with Gasteiger partial charge in [-0.2, -0.15) is 0 Å². The molecule has 1 aliphatic carbocycles. The van der Waals surface area contributed by atoms with Crippen LogP contribution in [0.5, 0.6) is 0 Å². The van der Waals surface area contributed by atoms with Crippen LogP contribution in [0.1, 0.15) is 39.0 Å². The summed E-state index contributed by atoms with van der Waals surface area (Å²) in [5.41, 5.74) is -0.693. The Morgan fingerprint density at radius 1 is 1.26 bits per heavy atom. The minimum absolute atomic E-state index is 0.169. The smallest absolute Gasteiger partial charge is 0.327 e. The molecule has 1 spiro atoms. The van der Waals surface area contributed by atoms with Crippen molar-refractivity contribution in [3.8, 4) is 0 Å². The molecule has 1 aliphatic heterocycles. The third-order valence-corrected chi connectivity index (χ3v) is 4.16. The van der Waals surface area contributed by atoms with E-state index in [0.29, 0.717) is 19.4 Å². The van der Waals surface area contributed by atoms with Gasteiger partial charge in [-0.3, -0.25) is 14.5 Å². The van der Waals surface area contributed by atoms with Crippen molar-refractivity contribution in [3.63, 3.8) is 0 Å². The predicted molar refractivity (Wildman–Crippen MR) is 69.4 cm³/mol. The average molecular weight is 267 g/mol. The summed E-state index contributed by atoms with van der Waals surface area (Å²) < 4.78 is 0. The second-order valence-corrected chi connectivity index (χ2v) is 5.28. The Labute approximate surface area is 113 Å². The first-order valence-corrected chi connectivity index (χ1v) is 6.89. The predicted octanol–water partition coefficient (Wildman–Crippen LogP) is 0.719. The standard InChI is InChI=1S/C13H21N3O3/c1-3-14-10(17)9-16-11(18)13(15(2)12(16)19)7-5-4-6-8-13/h3-9H2,1-2H3,(H,14,17). The first-order chi connectivity index (χ1) is 9.03. The number of nitrogens with one attached hydrogen (secondary N) is 1. The lowest BCUT2D eigenvalue weighted by atomic mass is 9.81. The summed E-state index contributed by atoms with van der Waals surface area (Å²) in [5, 5.41) is 2.62. The molecular weight excluding hydrogens is 246 g/mol. The van der Waals surface area contributed by atoms with Gasteiger partial charge < -0.3 is 10.2 Å². The fourth-order valence-corrected chi connectivity index (χ4v) is 3.07. The first kappa shape index (κ1) is 13.8. The zero-order chi connectivity index (χ0) is 14.0. The largest absolute Gasteiger partial charge is 0.355 e. The molecular formula is C13H21N3O3. The van der Waals surface area contributed by atoms with Crippen molar-refractivity contribution in [2.75, 3.05) is 20.1 Å². The maximum atomic E-state index is 12.5. The van der Waals surface area contributed by atoms with Gasteiger partial charge in [0.2, 0.25) is 5.91 Å². The highest BCUT2D eigenvalue weighted by Crippen LogP contribution is 2.39. The molecule has 2 aliphatic rings. The SMILES string of the molecule is CCNC(=O)CN1C(=O)N(C)C2(CCCCC2)C1=O. The molecule has 0 unspecified atom stereocenters. The van der Waals surface area contributed by atoms with Gasteiger partial charge in [0, 0.05) is 13.6 Å². The minimum atomic E-state index is -0.693. The van der Waals surface area contributed by atoms with Crippen molar-refractivity contribution >= 4 is 17.8 Å². The van der Waals surface area contributed by atoms with Crippen molar-refractivity contribution < 1.29 is 14.4 Å². The van der Waals surface area contributed by atoms with E-state index in [1.54, 1.807) is 14.0 Å². The second-order valence-electron chi connectivity index (χ2n) is 5.28. The van der Waals surface area contributed by atoms with Gasteiger partial charge in [-0.15, -0.1) is 0 Å². The minimum Gasteiger partial charge on any atom is -0.355 e. The quantitative estimate of drug-likeness (QED) is 0.766. The van der Waals surface area contributed by atoms with Gasteiger partial charge in [0.1, 0.15) is 12.1 Å². The zero-order valence-corrected chi connectivity index (χ0v) is 11.6. The Hall–Kier alpha value is -1.59. The van der Waals surface area contributed by atoms with Gasteiger partial charge in [0.05, 0.1) is 0 Å². The number of carbonyl (C=O) groups excluding carboxylic acids is 3. The number of likely N-dealkylation sites (N-methyl/N-ethyl adjacent to an activating group) is 2. The van der Waals surface area contributed by atoms with E-state index in [2.05, 4.69) is 5.32 Å². The Morgan fingerprint density at radius 2 is 1.89 bits per heavy atom. The molecule has 0 bridgehead atoms. The van der Waals surface area contributed by atoms with Crippen LogP contribution in [-0.2, 0) is 9.59 Å². The van der Waals surface area contributed by atoms with Crippen molar-refractivity contribution in [2.45, 2.75) is 44.6 Å². The van der Waals surface area contributed by atoms with Crippen molar-refractivity contribution in [2.24, 2.45) is 0 Å². The molecule has 0 atom stereocenters. The van der Waals surface area contributed by atoms with Crippen LogP contribution in [0, 0.1) is 0 Å². The lowest BCUT2D eigenvalue weighted by Crippen LogP contribution is -2.49. The molecule has 2 fully saturated rings. The van der Waals surface area contributed by atoms with Crippen molar-refractivity contribution in [1.82, 2.24) is 15.1 Å². The van der Waals surface area contributed by atoms with E-state index in [1.165, 1.54) is 4.90 Å². The number of imide groups is 1. The Bertz CT molecular complexity index is 402. The molecule has 0 aromatic rings. The van der Waals surface area contributed by atoms with E-state index in [-0.39, 0.29) is 24.4 Å².